The molecule has 0 heterocycles. The van der Waals surface area contributed by atoms with Crippen LogP contribution in [0.3, 0.4) is 0 Å². The molecule has 0 aromatic carbocycles. The Morgan fingerprint density at radius 1 is 1.38 bits per heavy atom. The van der Waals surface area contributed by atoms with Crippen molar-refractivity contribution in [2.24, 2.45) is 11.7 Å². The minimum Gasteiger partial charge on any atom is -0.446 e. The van der Waals surface area contributed by atoms with Crippen LogP contribution in [0.15, 0.2) is 0 Å². The van der Waals surface area contributed by atoms with Crippen molar-refractivity contribution >= 4 is 16.3 Å². The quantitative estimate of drug-likeness (QED) is 0.682. The number of carbonyl (C=O) groups is 1. The van der Waals surface area contributed by atoms with Crippen LogP contribution in [0.25, 0.3) is 0 Å². The van der Waals surface area contributed by atoms with Gasteiger partial charge in [-0.05, 0) is 45.4 Å². The van der Waals surface area contributed by atoms with Gasteiger partial charge in [0.1, 0.15) is 0 Å². The van der Waals surface area contributed by atoms with Gasteiger partial charge in [-0.1, -0.05) is 13.3 Å². The van der Waals surface area contributed by atoms with Crippen LogP contribution in [-0.4, -0.2) is 32.7 Å². The Morgan fingerprint density at radius 2 is 1.95 bits per heavy atom. The second-order valence-corrected chi connectivity index (χ2v) is 7.41. The van der Waals surface area contributed by atoms with Crippen LogP contribution in [-0.2, 0) is 14.9 Å². The van der Waals surface area contributed by atoms with Crippen LogP contribution >= 0.6 is 0 Å². The van der Waals surface area contributed by atoms with E-state index in [1.54, 1.807) is 13.8 Å². The van der Waals surface area contributed by atoms with Crippen molar-refractivity contribution < 1.29 is 17.9 Å². The van der Waals surface area contributed by atoms with Gasteiger partial charge in [-0.15, -0.1) is 0 Å². The third-order valence-corrected chi connectivity index (χ3v) is 5.08. The fraction of sp³-hybridized carbons (Fsp3) is 0.923. The van der Waals surface area contributed by atoms with E-state index in [0.717, 1.165) is 19.3 Å². The summed E-state index contributed by atoms with van der Waals surface area (Å²) in [6.07, 6.45) is 2.96. The lowest BCUT2D eigenvalue weighted by molar-refractivity contribution is 0.121. The maximum atomic E-state index is 12.0. The molecule has 1 rings (SSSR count). The Morgan fingerprint density at radius 3 is 2.38 bits per heavy atom. The summed E-state index contributed by atoms with van der Waals surface area (Å²) in [6, 6.07) is 0. The maximum absolute atomic E-state index is 12.0. The predicted molar refractivity (Wildman–Crippen MR) is 80.8 cm³/mol. The molecular weight excluding hydrogens is 294 g/mol. The topological polar surface area (TPSA) is 111 Å². The van der Waals surface area contributed by atoms with Gasteiger partial charge in [-0.2, -0.15) is 13.1 Å². The standard InChI is InChI=1S/C13H27N3O4S/c1-4-11-5-7-13(9-14,8-6-11)16-21(18,19)15-12(17)20-10(2)3/h10-11,16H,4-9,14H2,1-3H3,(H,15,17). The van der Waals surface area contributed by atoms with E-state index in [2.05, 4.69) is 11.6 Å². The van der Waals surface area contributed by atoms with Crippen LogP contribution in [0.2, 0.25) is 0 Å². The Bertz CT molecular complexity index is 442. The Labute approximate surface area is 127 Å². The molecule has 1 saturated carbocycles. The Hall–Kier alpha value is -0.860. The van der Waals surface area contributed by atoms with Gasteiger partial charge in [0, 0.05) is 12.1 Å². The summed E-state index contributed by atoms with van der Waals surface area (Å²) in [7, 11) is -3.98. The summed E-state index contributed by atoms with van der Waals surface area (Å²) in [5.74, 6) is 0.619. The summed E-state index contributed by atoms with van der Waals surface area (Å²) in [4.78, 5) is 11.4. The van der Waals surface area contributed by atoms with Gasteiger partial charge in [0.2, 0.25) is 0 Å². The summed E-state index contributed by atoms with van der Waals surface area (Å²) in [5.41, 5.74) is 5.10. The van der Waals surface area contributed by atoms with Gasteiger partial charge in [-0.25, -0.2) is 9.52 Å². The number of nitrogens with one attached hydrogen (secondary N) is 2. The number of hydrogen-bond donors (Lipinski definition) is 3. The lowest BCUT2D eigenvalue weighted by Crippen LogP contribution is -2.58. The van der Waals surface area contributed by atoms with Crippen molar-refractivity contribution in [2.75, 3.05) is 6.54 Å². The number of amides is 1. The monoisotopic (exact) mass is 321 g/mol. The number of carbonyl (C=O) groups excluding carboxylic acids is 1. The highest BCUT2D eigenvalue weighted by atomic mass is 32.2. The van der Waals surface area contributed by atoms with E-state index in [-0.39, 0.29) is 12.6 Å². The number of rotatable bonds is 6. The van der Waals surface area contributed by atoms with Gasteiger partial charge >= 0.3 is 16.3 Å². The highest BCUT2D eigenvalue weighted by Gasteiger charge is 2.37. The third kappa shape index (κ3) is 5.80. The molecule has 1 amide bonds. The van der Waals surface area contributed by atoms with Crippen molar-refractivity contribution in [3.8, 4) is 0 Å². The van der Waals surface area contributed by atoms with E-state index in [1.165, 1.54) is 0 Å². The van der Waals surface area contributed by atoms with Crippen molar-refractivity contribution in [2.45, 2.75) is 64.5 Å². The second kappa shape index (κ2) is 7.42. The molecule has 0 radical (unpaired) electrons. The minimum absolute atomic E-state index is 0.212. The highest BCUT2D eigenvalue weighted by Crippen LogP contribution is 2.33. The van der Waals surface area contributed by atoms with Gasteiger partial charge in [0.15, 0.2) is 0 Å². The molecule has 0 unspecified atom stereocenters. The second-order valence-electron chi connectivity index (χ2n) is 6.00. The zero-order valence-electron chi connectivity index (χ0n) is 13.0. The van der Waals surface area contributed by atoms with E-state index in [9.17, 15) is 13.2 Å². The molecule has 0 bridgehead atoms. The van der Waals surface area contributed by atoms with Crippen LogP contribution in [0.4, 0.5) is 4.79 Å². The summed E-state index contributed by atoms with van der Waals surface area (Å²) in [5, 5.41) is 0. The molecule has 1 aliphatic carbocycles. The largest absolute Gasteiger partial charge is 0.446 e. The minimum atomic E-state index is -3.98. The van der Waals surface area contributed by atoms with Crippen LogP contribution < -0.4 is 15.2 Å². The Kier molecular flexibility index (Phi) is 6.42. The van der Waals surface area contributed by atoms with Crippen LogP contribution in [0.1, 0.15) is 52.9 Å². The fourth-order valence-corrected chi connectivity index (χ4v) is 3.82. The van der Waals surface area contributed by atoms with E-state index < -0.39 is 21.8 Å². The zero-order chi connectivity index (χ0) is 16.1. The first-order chi connectivity index (χ1) is 9.72. The summed E-state index contributed by atoms with van der Waals surface area (Å²) < 4.78 is 33.2. The van der Waals surface area contributed by atoms with Gasteiger partial charge < -0.3 is 10.5 Å². The van der Waals surface area contributed by atoms with Gasteiger partial charge in [-0.3, -0.25) is 0 Å². The molecular formula is C13H27N3O4S. The lowest BCUT2D eigenvalue weighted by atomic mass is 9.76. The summed E-state index contributed by atoms with van der Waals surface area (Å²) in [6.45, 7) is 5.64. The third-order valence-electron chi connectivity index (χ3n) is 3.94. The van der Waals surface area contributed by atoms with Crippen molar-refractivity contribution in [3.63, 3.8) is 0 Å². The molecule has 0 atom stereocenters. The van der Waals surface area contributed by atoms with Crippen molar-refractivity contribution in [3.05, 3.63) is 0 Å². The van der Waals surface area contributed by atoms with Gasteiger partial charge in [0.05, 0.1) is 6.10 Å². The molecule has 4 N–H and O–H groups in total. The highest BCUT2D eigenvalue weighted by molar-refractivity contribution is 7.88. The molecule has 124 valence electrons. The SMILES string of the molecule is CCC1CCC(CN)(NS(=O)(=O)NC(=O)OC(C)C)CC1. The predicted octanol–water partition coefficient (Wildman–Crippen LogP) is 1.25. The maximum Gasteiger partial charge on any atom is 0.422 e. The molecule has 0 aromatic heterocycles. The summed E-state index contributed by atoms with van der Waals surface area (Å²) >= 11 is 0. The smallest absolute Gasteiger partial charge is 0.422 e. The molecule has 0 saturated heterocycles. The number of ether oxygens (including phenoxy) is 1. The first-order valence-corrected chi connectivity index (χ1v) is 8.92. The lowest BCUT2D eigenvalue weighted by Gasteiger charge is -2.39. The normalized spacial score (nSPS) is 26.6. The van der Waals surface area contributed by atoms with Gasteiger partial charge in [0.25, 0.3) is 0 Å². The average molecular weight is 321 g/mol. The molecule has 21 heavy (non-hydrogen) atoms. The molecule has 0 aromatic rings. The molecule has 0 aliphatic heterocycles. The molecule has 0 spiro atoms. The van der Waals surface area contributed by atoms with E-state index in [4.69, 9.17) is 10.5 Å². The molecule has 1 aliphatic rings. The van der Waals surface area contributed by atoms with Crippen molar-refractivity contribution in [1.82, 2.24) is 9.44 Å². The molecule has 1 fully saturated rings. The zero-order valence-corrected chi connectivity index (χ0v) is 13.8. The first-order valence-electron chi connectivity index (χ1n) is 7.44. The Balaban J connectivity index is 2.65. The van der Waals surface area contributed by atoms with E-state index in [0.29, 0.717) is 18.8 Å². The van der Waals surface area contributed by atoms with Crippen LogP contribution in [0.5, 0.6) is 0 Å². The fourth-order valence-electron chi connectivity index (χ4n) is 2.64. The van der Waals surface area contributed by atoms with Crippen molar-refractivity contribution in [1.29, 1.82) is 0 Å². The number of nitrogens with two attached hydrogens (primary N) is 1. The number of hydrogen-bond acceptors (Lipinski definition) is 5. The van der Waals surface area contributed by atoms with E-state index in [1.807, 2.05) is 4.72 Å². The average Bonchev–Trinajstić information content (AvgIpc) is 2.37. The van der Waals surface area contributed by atoms with Crippen LogP contribution in [0, 0.1) is 5.92 Å². The molecule has 8 heteroatoms. The molecule has 7 nitrogen and oxygen atoms in total. The first kappa shape index (κ1) is 18.2. The van der Waals surface area contributed by atoms with E-state index >= 15 is 0 Å².